The Morgan fingerprint density at radius 3 is 2.59 bits per heavy atom. The van der Waals surface area contributed by atoms with Crippen LogP contribution in [0.2, 0.25) is 5.02 Å². The van der Waals surface area contributed by atoms with Gasteiger partial charge in [0, 0.05) is 51.7 Å². The minimum absolute atomic E-state index is 0.0468. The minimum atomic E-state index is 0.0468. The molecule has 152 valence electrons. The third-order valence-electron chi connectivity index (χ3n) is 5.35. The molecule has 1 aliphatic heterocycles. The van der Waals surface area contributed by atoms with Crippen LogP contribution in [0.15, 0.2) is 36.7 Å². The highest BCUT2D eigenvalue weighted by atomic mass is 35.5. The van der Waals surface area contributed by atoms with E-state index in [0.717, 1.165) is 18.5 Å². The molecule has 3 heterocycles. The molecule has 1 fully saturated rings. The Balaban J connectivity index is 1.71. The molecule has 1 aromatic carbocycles. The lowest BCUT2D eigenvalue weighted by Gasteiger charge is -2.46. The van der Waals surface area contributed by atoms with Crippen molar-refractivity contribution in [1.82, 2.24) is 19.7 Å². The molecular weight excluding hydrogens is 388 g/mol. The van der Waals surface area contributed by atoms with E-state index >= 15 is 0 Å². The van der Waals surface area contributed by atoms with Gasteiger partial charge in [-0.05, 0) is 58.7 Å². The van der Waals surface area contributed by atoms with E-state index in [1.54, 1.807) is 18.2 Å². The fourth-order valence-corrected chi connectivity index (χ4v) is 4.79. The van der Waals surface area contributed by atoms with E-state index in [-0.39, 0.29) is 11.1 Å². The molecule has 0 aliphatic carbocycles. The lowest BCUT2D eigenvalue weighted by atomic mass is 9.74. The molecular formula is C22H25ClN4O2. The first kappa shape index (κ1) is 19.9. The predicted molar refractivity (Wildman–Crippen MR) is 113 cm³/mol. The number of carbonyl (C=O) groups is 1. The van der Waals surface area contributed by atoms with Gasteiger partial charge in [0.1, 0.15) is 5.75 Å². The van der Waals surface area contributed by atoms with Crippen molar-refractivity contribution in [2.45, 2.75) is 57.5 Å². The number of piperidine rings is 1. The minimum Gasteiger partial charge on any atom is -0.428 e. The van der Waals surface area contributed by atoms with Gasteiger partial charge in [0.15, 0.2) is 0 Å². The lowest BCUT2D eigenvalue weighted by Crippen LogP contribution is -2.57. The molecule has 0 unspecified atom stereocenters. The van der Waals surface area contributed by atoms with Gasteiger partial charge >= 0.3 is 0 Å². The van der Waals surface area contributed by atoms with Gasteiger partial charge < -0.3 is 10.1 Å². The number of hydrogen-bond donors (Lipinski definition) is 1. The highest BCUT2D eigenvalue weighted by Crippen LogP contribution is 2.38. The topological polar surface area (TPSA) is 68.5 Å². The lowest BCUT2D eigenvalue weighted by molar-refractivity contribution is -0.120. The first-order chi connectivity index (χ1) is 13.7. The van der Waals surface area contributed by atoms with Crippen LogP contribution in [0.5, 0.6) is 5.75 Å². The van der Waals surface area contributed by atoms with E-state index in [9.17, 15) is 4.79 Å². The van der Waals surface area contributed by atoms with E-state index in [1.165, 1.54) is 0 Å². The number of halogens is 1. The van der Waals surface area contributed by atoms with Gasteiger partial charge in [-0.2, -0.15) is 0 Å². The number of fused-ring (bicyclic) bond motifs is 1. The molecule has 0 radical (unpaired) electrons. The second-order valence-electron chi connectivity index (χ2n) is 9.04. The van der Waals surface area contributed by atoms with Crippen LogP contribution in [0.3, 0.4) is 0 Å². The molecule has 0 spiro atoms. The predicted octanol–water partition coefficient (Wildman–Crippen LogP) is 4.61. The van der Waals surface area contributed by atoms with E-state index in [1.807, 2.05) is 16.8 Å². The molecule has 7 heteroatoms. The Labute approximate surface area is 175 Å². The van der Waals surface area contributed by atoms with Crippen LogP contribution in [0.25, 0.3) is 17.0 Å². The number of ether oxygens (including phenoxy) is 1. The van der Waals surface area contributed by atoms with E-state index in [2.05, 4.69) is 44.1 Å². The molecule has 1 N–H and O–H groups in total. The van der Waals surface area contributed by atoms with Crippen molar-refractivity contribution in [3.8, 4) is 17.0 Å². The molecule has 29 heavy (non-hydrogen) atoms. The maximum Gasteiger partial charge on any atom is 0.298 e. The zero-order valence-corrected chi connectivity index (χ0v) is 17.8. The van der Waals surface area contributed by atoms with Gasteiger partial charge in [-0.1, -0.05) is 11.6 Å². The van der Waals surface area contributed by atoms with E-state index < -0.39 is 0 Å². The monoisotopic (exact) mass is 412 g/mol. The van der Waals surface area contributed by atoms with Crippen molar-refractivity contribution in [3.63, 3.8) is 0 Å². The van der Waals surface area contributed by atoms with E-state index in [4.69, 9.17) is 21.3 Å². The van der Waals surface area contributed by atoms with Crippen LogP contribution in [0, 0.1) is 0 Å². The smallest absolute Gasteiger partial charge is 0.298 e. The van der Waals surface area contributed by atoms with Gasteiger partial charge in [0.05, 0.1) is 5.69 Å². The third-order valence-corrected chi connectivity index (χ3v) is 5.59. The fraction of sp³-hybridized carbons (Fsp3) is 0.409. The number of nitrogens with zero attached hydrogens (tertiary/aromatic N) is 3. The number of carbonyl (C=O) groups excluding carboxylic acids is 1. The largest absolute Gasteiger partial charge is 0.428 e. The zero-order chi connectivity index (χ0) is 20.8. The summed E-state index contributed by atoms with van der Waals surface area (Å²) in [7, 11) is 0. The average molecular weight is 413 g/mol. The molecule has 0 atom stereocenters. The van der Waals surface area contributed by atoms with Gasteiger partial charge in [0.25, 0.3) is 6.47 Å². The summed E-state index contributed by atoms with van der Waals surface area (Å²) in [4.78, 5) is 20.4. The van der Waals surface area contributed by atoms with Crippen molar-refractivity contribution >= 4 is 23.9 Å². The number of benzene rings is 1. The van der Waals surface area contributed by atoms with Crippen molar-refractivity contribution in [3.05, 3.63) is 47.4 Å². The number of rotatable bonds is 4. The first-order valence-corrected chi connectivity index (χ1v) is 10.1. The SMILES string of the molecule is CC1(C)CC(c2ccn3cc(-c4ccc(Cl)cc4OC=O)nc3n2)CC(C)(C)N1. The van der Waals surface area contributed by atoms with Gasteiger partial charge in [-0.3, -0.25) is 9.20 Å². The Kier molecular flexibility index (Phi) is 4.87. The van der Waals surface area contributed by atoms with Gasteiger partial charge in [-0.25, -0.2) is 9.97 Å². The second kappa shape index (κ2) is 7.11. The molecule has 2 aromatic heterocycles. The van der Waals surface area contributed by atoms with Crippen molar-refractivity contribution in [2.75, 3.05) is 0 Å². The van der Waals surface area contributed by atoms with Crippen LogP contribution < -0.4 is 10.1 Å². The summed E-state index contributed by atoms with van der Waals surface area (Å²) >= 11 is 6.03. The molecule has 0 saturated carbocycles. The van der Waals surface area contributed by atoms with Crippen LogP contribution in [-0.2, 0) is 4.79 Å². The number of aromatic nitrogens is 3. The van der Waals surface area contributed by atoms with Crippen LogP contribution in [0.4, 0.5) is 0 Å². The Bertz CT molecular complexity index is 1060. The fourth-order valence-electron chi connectivity index (χ4n) is 4.63. The van der Waals surface area contributed by atoms with Crippen LogP contribution in [-0.4, -0.2) is 31.9 Å². The summed E-state index contributed by atoms with van der Waals surface area (Å²) in [6.45, 7) is 9.34. The maximum atomic E-state index is 10.9. The standard InChI is InChI=1S/C22H25ClN4O2/c1-21(2)10-14(11-22(3,4)26-21)17-7-8-27-12-18(25-20(27)24-17)16-6-5-15(23)9-19(16)29-13-28/h5-9,12-14,26H,10-11H2,1-4H3. The second-order valence-corrected chi connectivity index (χ2v) is 9.47. The molecule has 0 amide bonds. The van der Waals surface area contributed by atoms with Crippen LogP contribution in [0.1, 0.15) is 52.1 Å². The van der Waals surface area contributed by atoms with E-state index in [0.29, 0.717) is 40.2 Å². The van der Waals surface area contributed by atoms with Crippen molar-refractivity contribution in [1.29, 1.82) is 0 Å². The Morgan fingerprint density at radius 1 is 1.17 bits per heavy atom. The molecule has 1 aliphatic rings. The molecule has 1 saturated heterocycles. The molecule has 0 bridgehead atoms. The summed E-state index contributed by atoms with van der Waals surface area (Å²) in [5.74, 6) is 1.35. The summed E-state index contributed by atoms with van der Waals surface area (Å²) in [5, 5.41) is 4.21. The summed E-state index contributed by atoms with van der Waals surface area (Å²) in [5.41, 5.74) is 2.51. The third kappa shape index (κ3) is 4.14. The molecule has 6 nitrogen and oxygen atoms in total. The molecule has 3 aromatic rings. The van der Waals surface area contributed by atoms with Gasteiger partial charge in [-0.15, -0.1) is 0 Å². The first-order valence-electron chi connectivity index (χ1n) is 9.71. The number of nitrogens with one attached hydrogen (secondary N) is 1. The van der Waals surface area contributed by atoms with Crippen molar-refractivity contribution in [2.24, 2.45) is 0 Å². The summed E-state index contributed by atoms with van der Waals surface area (Å²) in [6, 6.07) is 7.22. The van der Waals surface area contributed by atoms with Crippen LogP contribution >= 0.6 is 11.6 Å². The summed E-state index contributed by atoms with van der Waals surface area (Å²) < 4.78 is 6.98. The summed E-state index contributed by atoms with van der Waals surface area (Å²) in [6.07, 6.45) is 5.90. The maximum absolute atomic E-state index is 10.9. The zero-order valence-electron chi connectivity index (χ0n) is 17.1. The highest BCUT2D eigenvalue weighted by molar-refractivity contribution is 6.30. The Hall–Kier alpha value is -2.44. The molecule has 4 rings (SSSR count). The Morgan fingerprint density at radius 2 is 1.90 bits per heavy atom. The number of hydrogen-bond acceptors (Lipinski definition) is 5. The quantitative estimate of drug-likeness (QED) is 0.634. The van der Waals surface area contributed by atoms with Crippen molar-refractivity contribution < 1.29 is 9.53 Å². The highest BCUT2D eigenvalue weighted by Gasteiger charge is 2.38. The normalized spacial score (nSPS) is 18.7. The number of imidazole rings is 1. The van der Waals surface area contributed by atoms with Gasteiger partial charge in [0.2, 0.25) is 5.78 Å². The average Bonchev–Trinajstić information content (AvgIpc) is 3.02.